The van der Waals surface area contributed by atoms with E-state index in [2.05, 4.69) is 5.32 Å². The predicted octanol–water partition coefficient (Wildman–Crippen LogP) is 1.21. The molecule has 4 nitrogen and oxygen atoms in total. The van der Waals surface area contributed by atoms with Crippen LogP contribution < -0.4 is 11.1 Å². The Bertz CT molecular complexity index is 366. The quantitative estimate of drug-likeness (QED) is 0.638. The van der Waals surface area contributed by atoms with Gasteiger partial charge in [-0.25, -0.2) is 4.39 Å². The molecule has 0 aromatic heterocycles. The predicted molar refractivity (Wildman–Crippen MR) is 51.7 cm³/mol. The third-order valence-electron chi connectivity index (χ3n) is 1.76. The topological polar surface area (TPSA) is 75.3 Å². The number of rotatable bonds is 3. The van der Waals surface area contributed by atoms with Crippen LogP contribution in [0.2, 0.25) is 0 Å². The third kappa shape index (κ3) is 2.35. The van der Waals surface area contributed by atoms with Crippen LogP contribution in [0, 0.1) is 12.7 Å². The molecule has 0 aliphatic heterocycles. The van der Waals surface area contributed by atoms with E-state index in [9.17, 15) is 9.18 Å². The first kappa shape index (κ1) is 10.3. The highest BCUT2D eigenvalue weighted by molar-refractivity contribution is 5.76. The van der Waals surface area contributed by atoms with Crippen molar-refractivity contribution in [3.05, 3.63) is 23.5 Å². The Kier molecular flexibility index (Phi) is 2.91. The van der Waals surface area contributed by atoms with E-state index in [1.165, 1.54) is 12.1 Å². The average molecular weight is 198 g/mol. The fraction of sp³-hybridized carbons (Fsp3) is 0.222. The second-order valence-electron chi connectivity index (χ2n) is 2.94. The summed E-state index contributed by atoms with van der Waals surface area (Å²) in [5.74, 6) is -1.39. The first-order valence-corrected chi connectivity index (χ1v) is 4.02. The number of anilines is 2. The minimum Gasteiger partial charge on any atom is -0.480 e. The molecule has 0 fully saturated rings. The number of nitrogens with two attached hydrogens (primary N) is 1. The van der Waals surface area contributed by atoms with Gasteiger partial charge in [0.05, 0.1) is 11.4 Å². The Morgan fingerprint density at radius 3 is 2.86 bits per heavy atom. The summed E-state index contributed by atoms with van der Waals surface area (Å²) in [7, 11) is 0. The van der Waals surface area contributed by atoms with Gasteiger partial charge in [0.2, 0.25) is 0 Å². The van der Waals surface area contributed by atoms with Gasteiger partial charge in [-0.15, -0.1) is 0 Å². The van der Waals surface area contributed by atoms with Crippen LogP contribution in [0.25, 0.3) is 0 Å². The van der Waals surface area contributed by atoms with Gasteiger partial charge in [-0.3, -0.25) is 4.79 Å². The smallest absolute Gasteiger partial charge is 0.322 e. The molecule has 0 amide bonds. The molecule has 1 aromatic carbocycles. The Morgan fingerprint density at radius 2 is 2.29 bits per heavy atom. The van der Waals surface area contributed by atoms with Crippen molar-refractivity contribution in [2.45, 2.75) is 6.92 Å². The number of carboxylic acid groups (broad SMARTS) is 1. The second kappa shape index (κ2) is 3.95. The molecular formula is C9H11FN2O2. The van der Waals surface area contributed by atoms with Crippen molar-refractivity contribution in [1.29, 1.82) is 0 Å². The zero-order chi connectivity index (χ0) is 10.7. The number of halogens is 1. The van der Waals surface area contributed by atoms with E-state index in [0.717, 1.165) is 0 Å². The van der Waals surface area contributed by atoms with Crippen molar-refractivity contribution in [1.82, 2.24) is 0 Å². The molecule has 0 spiro atoms. The summed E-state index contributed by atoms with van der Waals surface area (Å²) in [5, 5.41) is 11.0. The van der Waals surface area contributed by atoms with Gasteiger partial charge in [0.25, 0.3) is 0 Å². The second-order valence-corrected chi connectivity index (χ2v) is 2.94. The molecule has 0 atom stereocenters. The van der Waals surface area contributed by atoms with E-state index in [-0.39, 0.29) is 12.2 Å². The first-order valence-electron chi connectivity index (χ1n) is 4.02. The molecule has 0 bridgehead atoms. The van der Waals surface area contributed by atoms with Gasteiger partial charge in [-0.2, -0.15) is 0 Å². The lowest BCUT2D eigenvalue weighted by Gasteiger charge is -2.08. The zero-order valence-electron chi connectivity index (χ0n) is 7.67. The molecular weight excluding hydrogens is 187 g/mol. The molecule has 5 heteroatoms. The van der Waals surface area contributed by atoms with E-state index in [4.69, 9.17) is 10.8 Å². The van der Waals surface area contributed by atoms with Crippen LogP contribution in [-0.2, 0) is 4.79 Å². The molecule has 1 rings (SSSR count). The monoisotopic (exact) mass is 198 g/mol. The normalized spacial score (nSPS) is 9.86. The van der Waals surface area contributed by atoms with Gasteiger partial charge in [0.15, 0.2) is 0 Å². The van der Waals surface area contributed by atoms with Gasteiger partial charge in [-0.05, 0) is 24.6 Å². The van der Waals surface area contributed by atoms with Crippen LogP contribution in [0.3, 0.4) is 0 Å². The number of nitrogens with one attached hydrogen (secondary N) is 1. The molecule has 0 aliphatic rings. The highest BCUT2D eigenvalue weighted by Crippen LogP contribution is 2.21. The highest BCUT2D eigenvalue weighted by Gasteiger charge is 2.05. The minimum absolute atomic E-state index is 0.203. The minimum atomic E-state index is -0.994. The van der Waals surface area contributed by atoms with Gasteiger partial charge in [0.1, 0.15) is 12.4 Å². The Balaban J connectivity index is 2.87. The number of benzene rings is 1. The maximum absolute atomic E-state index is 12.9. The summed E-state index contributed by atoms with van der Waals surface area (Å²) < 4.78 is 12.9. The summed E-state index contributed by atoms with van der Waals surface area (Å²) in [6.45, 7) is 1.34. The van der Waals surface area contributed by atoms with Crippen LogP contribution in [-0.4, -0.2) is 17.6 Å². The van der Waals surface area contributed by atoms with E-state index in [0.29, 0.717) is 11.3 Å². The summed E-state index contributed by atoms with van der Waals surface area (Å²) in [6.07, 6.45) is 0. The average Bonchev–Trinajstić information content (AvgIpc) is 2.09. The maximum Gasteiger partial charge on any atom is 0.322 e. The summed E-state index contributed by atoms with van der Waals surface area (Å²) >= 11 is 0. The summed E-state index contributed by atoms with van der Waals surface area (Å²) in [4.78, 5) is 10.3. The number of hydrogen-bond donors (Lipinski definition) is 3. The van der Waals surface area contributed by atoms with E-state index >= 15 is 0 Å². The van der Waals surface area contributed by atoms with Crippen molar-refractivity contribution >= 4 is 17.3 Å². The van der Waals surface area contributed by atoms with Crippen molar-refractivity contribution < 1.29 is 14.3 Å². The van der Waals surface area contributed by atoms with Crippen molar-refractivity contribution in [2.24, 2.45) is 0 Å². The Labute approximate surface area is 80.5 Å². The molecule has 0 saturated heterocycles. The number of carbonyl (C=O) groups is 1. The Hall–Kier alpha value is -1.78. The van der Waals surface area contributed by atoms with E-state index in [1.807, 2.05) is 0 Å². The molecule has 0 aliphatic carbocycles. The summed E-state index contributed by atoms with van der Waals surface area (Å²) in [6, 6.07) is 2.65. The fourth-order valence-corrected chi connectivity index (χ4v) is 1.02. The van der Waals surface area contributed by atoms with Crippen LogP contribution in [0.1, 0.15) is 5.56 Å². The van der Waals surface area contributed by atoms with Crippen LogP contribution >= 0.6 is 0 Å². The SMILES string of the molecule is Cc1cc(NCC(=O)O)c(N)cc1F. The van der Waals surface area contributed by atoms with E-state index < -0.39 is 11.8 Å². The van der Waals surface area contributed by atoms with Crippen LogP contribution in [0.15, 0.2) is 12.1 Å². The highest BCUT2D eigenvalue weighted by atomic mass is 19.1. The van der Waals surface area contributed by atoms with Crippen molar-refractivity contribution in [3.63, 3.8) is 0 Å². The van der Waals surface area contributed by atoms with Crippen LogP contribution in [0.5, 0.6) is 0 Å². The molecule has 76 valence electrons. The number of nitrogen functional groups attached to an aromatic ring is 1. The van der Waals surface area contributed by atoms with Gasteiger partial charge >= 0.3 is 5.97 Å². The lowest BCUT2D eigenvalue weighted by molar-refractivity contribution is -0.134. The van der Waals surface area contributed by atoms with Gasteiger partial charge in [-0.1, -0.05) is 0 Å². The molecule has 0 saturated carbocycles. The van der Waals surface area contributed by atoms with Crippen molar-refractivity contribution in [3.8, 4) is 0 Å². The number of hydrogen-bond acceptors (Lipinski definition) is 3. The molecule has 4 N–H and O–H groups in total. The lowest BCUT2D eigenvalue weighted by Crippen LogP contribution is -2.13. The standard InChI is InChI=1S/C9H11FN2O2/c1-5-2-8(12-4-9(13)14)7(11)3-6(5)10/h2-3,12H,4,11H2,1H3,(H,13,14). The first-order chi connectivity index (χ1) is 6.50. The summed E-state index contributed by atoms with van der Waals surface area (Å²) in [5.41, 5.74) is 6.54. The third-order valence-corrected chi connectivity index (χ3v) is 1.76. The largest absolute Gasteiger partial charge is 0.480 e. The molecule has 1 aromatic rings. The molecule has 0 unspecified atom stereocenters. The Morgan fingerprint density at radius 1 is 1.64 bits per heavy atom. The molecule has 14 heavy (non-hydrogen) atoms. The molecule has 0 heterocycles. The number of carboxylic acids is 1. The van der Waals surface area contributed by atoms with Gasteiger partial charge < -0.3 is 16.2 Å². The fourth-order valence-electron chi connectivity index (χ4n) is 1.02. The van der Waals surface area contributed by atoms with E-state index in [1.54, 1.807) is 6.92 Å². The number of aliphatic carboxylic acids is 1. The number of aryl methyl sites for hydroxylation is 1. The lowest BCUT2D eigenvalue weighted by atomic mass is 10.2. The van der Waals surface area contributed by atoms with Gasteiger partial charge in [0, 0.05) is 0 Å². The molecule has 0 radical (unpaired) electrons. The maximum atomic E-state index is 12.9. The zero-order valence-corrected chi connectivity index (χ0v) is 7.67. The van der Waals surface area contributed by atoms with Crippen LogP contribution in [0.4, 0.5) is 15.8 Å². The van der Waals surface area contributed by atoms with Crippen molar-refractivity contribution in [2.75, 3.05) is 17.6 Å².